The van der Waals surface area contributed by atoms with Crippen LogP contribution in [0.3, 0.4) is 0 Å². The fourth-order valence-corrected chi connectivity index (χ4v) is 4.00. The van der Waals surface area contributed by atoms with Gasteiger partial charge in [0.15, 0.2) is 5.96 Å². The Morgan fingerprint density at radius 2 is 2.03 bits per heavy atom. The van der Waals surface area contributed by atoms with Gasteiger partial charge in [-0.2, -0.15) is 0 Å². The molecule has 0 amide bonds. The standard InChI is InChI=1S/C24H33N5O/c1-3-25-23(28-18-24(11-12-24)21-7-5-4-6-8-21)27-16-20-9-10-22(26-15-20)29-13-14-30-19(2)17-29/h4-10,15,19H,3,11-14,16-18H2,1-2H3,(H2,25,27,28). The molecule has 30 heavy (non-hydrogen) atoms. The van der Waals surface area contributed by atoms with Crippen molar-refractivity contribution in [1.29, 1.82) is 0 Å². The van der Waals surface area contributed by atoms with Gasteiger partial charge in [0.05, 0.1) is 19.3 Å². The van der Waals surface area contributed by atoms with Crippen LogP contribution in [0.15, 0.2) is 53.7 Å². The first-order valence-electron chi connectivity index (χ1n) is 11.1. The molecule has 1 aromatic heterocycles. The van der Waals surface area contributed by atoms with Crippen LogP contribution in [0.1, 0.15) is 37.8 Å². The Morgan fingerprint density at radius 1 is 1.20 bits per heavy atom. The lowest BCUT2D eigenvalue weighted by molar-refractivity contribution is 0.0529. The number of hydrogen-bond donors (Lipinski definition) is 2. The van der Waals surface area contributed by atoms with Crippen molar-refractivity contribution in [3.05, 3.63) is 59.8 Å². The van der Waals surface area contributed by atoms with Gasteiger partial charge in [0.1, 0.15) is 5.82 Å². The van der Waals surface area contributed by atoms with Crippen LogP contribution in [0.5, 0.6) is 0 Å². The predicted molar refractivity (Wildman–Crippen MR) is 122 cm³/mol. The third kappa shape index (κ3) is 5.11. The van der Waals surface area contributed by atoms with Crippen LogP contribution in [0.25, 0.3) is 0 Å². The minimum Gasteiger partial charge on any atom is -0.375 e. The van der Waals surface area contributed by atoms with Crippen LogP contribution in [-0.4, -0.2) is 49.8 Å². The van der Waals surface area contributed by atoms with E-state index in [1.54, 1.807) is 0 Å². The predicted octanol–water partition coefficient (Wildman–Crippen LogP) is 3.09. The average molecular weight is 408 g/mol. The fourth-order valence-electron chi connectivity index (χ4n) is 4.00. The van der Waals surface area contributed by atoms with E-state index in [9.17, 15) is 0 Å². The number of anilines is 1. The van der Waals surface area contributed by atoms with E-state index in [0.717, 1.165) is 50.1 Å². The van der Waals surface area contributed by atoms with E-state index in [2.05, 4.69) is 76.8 Å². The van der Waals surface area contributed by atoms with E-state index in [1.165, 1.54) is 18.4 Å². The lowest BCUT2D eigenvalue weighted by Gasteiger charge is -2.32. The minimum absolute atomic E-state index is 0.254. The van der Waals surface area contributed by atoms with Gasteiger partial charge in [-0.1, -0.05) is 36.4 Å². The van der Waals surface area contributed by atoms with E-state index in [0.29, 0.717) is 6.54 Å². The molecule has 2 aliphatic rings. The third-order valence-corrected chi connectivity index (χ3v) is 5.97. The smallest absolute Gasteiger partial charge is 0.191 e. The summed E-state index contributed by atoms with van der Waals surface area (Å²) in [6.07, 6.45) is 4.66. The molecule has 0 radical (unpaired) electrons. The molecule has 2 heterocycles. The molecule has 2 N–H and O–H groups in total. The van der Waals surface area contributed by atoms with Crippen molar-refractivity contribution >= 4 is 11.8 Å². The summed E-state index contributed by atoms with van der Waals surface area (Å²) in [6.45, 7) is 9.12. The van der Waals surface area contributed by atoms with Gasteiger partial charge in [-0.3, -0.25) is 0 Å². The molecule has 6 heteroatoms. The number of morpholine rings is 1. The quantitative estimate of drug-likeness (QED) is 0.546. The number of aromatic nitrogens is 1. The highest BCUT2D eigenvalue weighted by Gasteiger charge is 2.43. The molecule has 1 saturated carbocycles. The van der Waals surface area contributed by atoms with Crippen molar-refractivity contribution in [2.24, 2.45) is 4.99 Å². The zero-order valence-electron chi connectivity index (χ0n) is 18.1. The first-order chi connectivity index (χ1) is 14.7. The van der Waals surface area contributed by atoms with Crippen molar-refractivity contribution in [3.8, 4) is 0 Å². The number of pyridine rings is 1. The summed E-state index contributed by atoms with van der Waals surface area (Å²) in [4.78, 5) is 11.7. The maximum atomic E-state index is 5.62. The summed E-state index contributed by atoms with van der Waals surface area (Å²) in [6, 6.07) is 15.0. The number of guanidine groups is 1. The summed E-state index contributed by atoms with van der Waals surface area (Å²) in [7, 11) is 0. The van der Waals surface area contributed by atoms with Gasteiger partial charge in [-0.25, -0.2) is 9.98 Å². The number of nitrogens with one attached hydrogen (secondary N) is 2. The maximum absolute atomic E-state index is 5.62. The number of rotatable bonds is 7. The van der Waals surface area contributed by atoms with E-state index in [-0.39, 0.29) is 11.5 Å². The zero-order valence-corrected chi connectivity index (χ0v) is 18.1. The molecule has 2 fully saturated rings. The Hall–Kier alpha value is -2.60. The fraction of sp³-hybridized carbons (Fsp3) is 0.500. The van der Waals surface area contributed by atoms with Gasteiger partial charge in [0, 0.05) is 37.8 Å². The second kappa shape index (κ2) is 9.47. The van der Waals surface area contributed by atoms with Gasteiger partial charge < -0.3 is 20.3 Å². The topological polar surface area (TPSA) is 61.8 Å². The molecule has 0 bridgehead atoms. The van der Waals surface area contributed by atoms with Crippen molar-refractivity contribution in [2.75, 3.05) is 37.7 Å². The van der Waals surface area contributed by atoms with Crippen LogP contribution in [0.4, 0.5) is 5.82 Å². The van der Waals surface area contributed by atoms with Crippen LogP contribution < -0.4 is 15.5 Å². The molecule has 6 nitrogen and oxygen atoms in total. The molecular formula is C24H33N5O. The van der Waals surface area contributed by atoms with E-state index in [1.807, 2.05) is 6.20 Å². The van der Waals surface area contributed by atoms with Gasteiger partial charge in [-0.15, -0.1) is 0 Å². The number of benzene rings is 1. The van der Waals surface area contributed by atoms with E-state index < -0.39 is 0 Å². The van der Waals surface area contributed by atoms with Gasteiger partial charge in [-0.05, 0) is 43.9 Å². The van der Waals surface area contributed by atoms with Gasteiger partial charge >= 0.3 is 0 Å². The Kier molecular flexibility index (Phi) is 6.53. The second-order valence-electron chi connectivity index (χ2n) is 8.35. The molecule has 160 valence electrons. The normalized spacial score (nSPS) is 20.7. The van der Waals surface area contributed by atoms with Crippen LogP contribution in [-0.2, 0) is 16.7 Å². The molecule has 1 aliphatic carbocycles. The first kappa shape index (κ1) is 20.7. The molecule has 1 saturated heterocycles. The summed E-state index contributed by atoms with van der Waals surface area (Å²) in [5.74, 6) is 1.88. The second-order valence-corrected chi connectivity index (χ2v) is 8.35. The van der Waals surface area contributed by atoms with Crippen molar-refractivity contribution in [1.82, 2.24) is 15.6 Å². The van der Waals surface area contributed by atoms with Crippen LogP contribution >= 0.6 is 0 Å². The summed E-state index contributed by atoms with van der Waals surface area (Å²) in [5.41, 5.74) is 2.79. The van der Waals surface area contributed by atoms with E-state index >= 15 is 0 Å². The monoisotopic (exact) mass is 407 g/mol. The first-order valence-corrected chi connectivity index (χ1v) is 11.1. The molecule has 2 aromatic rings. The molecular weight excluding hydrogens is 374 g/mol. The number of ether oxygens (including phenoxy) is 1. The summed E-state index contributed by atoms with van der Waals surface area (Å²) in [5, 5.41) is 6.93. The Morgan fingerprint density at radius 3 is 2.70 bits per heavy atom. The van der Waals surface area contributed by atoms with Crippen LogP contribution in [0, 0.1) is 0 Å². The SMILES string of the molecule is CCNC(=NCc1ccc(N2CCOC(C)C2)nc1)NCC1(c2ccccc2)CC1. The highest BCUT2D eigenvalue weighted by atomic mass is 16.5. The number of hydrogen-bond acceptors (Lipinski definition) is 4. The van der Waals surface area contributed by atoms with Gasteiger partial charge in [0.25, 0.3) is 0 Å². The van der Waals surface area contributed by atoms with Crippen molar-refractivity contribution in [2.45, 2.75) is 44.8 Å². The number of nitrogens with zero attached hydrogens (tertiary/aromatic N) is 3. The summed E-state index contributed by atoms with van der Waals surface area (Å²) >= 11 is 0. The Labute approximate surface area is 179 Å². The highest BCUT2D eigenvalue weighted by Crippen LogP contribution is 2.47. The molecule has 1 unspecified atom stereocenters. The van der Waals surface area contributed by atoms with Crippen molar-refractivity contribution in [3.63, 3.8) is 0 Å². The number of aliphatic imine (C=N–C) groups is 1. The lowest BCUT2D eigenvalue weighted by atomic mass is 9.96. The molecule has 1 aliphatic heterocycles. The van der Waals surface area contributed by atoms with Crippen LogP contribution in [0.2, 0.25) is 0 Å². The zero-order chi connectivity index (χ0) is 20.8. The maximum Gasteiger partial charge on any atom is 0.191 e. The largest absolute Gasteiger partial charge is 0.375 e. The molecule has 1 atom stereocenters. The van der Waals surface area contributed by atoms with Crippen molar-refractivity contribution < 1.29 is 4.74 Å². The molecule has 4 rings (SSSR count). The Bertz CT molecular complexity index is 832. The third-order valence-electron chi connectivity index (χ3n) is 5.97. The molecule has 0 spiro atoms. The Balaban J connectivity index is 1.35. The van der Waals surface area contributed by atoms with E-state index in [4.69, 9.17) is 9.73 Å². The minimum atomic E-state index is 0.254. The highest BCUT2D eigenvalue weighted by molar-refractivity contribution is 5.80. The lowest BCUT2D eigenvalue weighted by Crippen LogP contribution is -2.41. The summed E-state index contributed by atoms with van der Waals surface area (Å²) < 4.78 is 5.62. The van der Waals surface area contributed by atoms with Gasteiger partial charge in [0.2, 0.25) is 0 Å². The average Bonchev–Trinajstić information content (AvgIpc) is 3.58. The molecule has 1 aromatic carbocycles.